The molecule has 8 heavy (non-hydrogen) atoms. The quantitative estimate of drug-likeness (QED) is 0.554. The number of hydrogen-bond acceptors (Lipinski definition) is 1. The van der Waals surface area contributed by atoms with Crippen molar-refractivity contribution in [3.63, 3.8) is 0 Å². The molecule has 0 heterocycles. The summed E-state index contributed by atoms with van der Waals surface area (Å²) in [6, 6.07) is 0. The molecule has 0 bridgehead atoms. The number of hydrogen-bond donors (Lipinski definition) is 1. The maximum Gasteiger partial charge on any atom is 0.223 e. The molecule has 4 heteroatoms. The summed E-state index contributed by atoms with van der Waals surface area (Å²) in [6.45, 7) is 0. The van der Waals surface area contributed by atoms with Crippen LogP contribution in [0.15, 0.2) is 0 Å². The highest BCUT2D eigenvalue weighted by Crippen LogP contribution is 2.52. The first-order valence-corrected chi connectivity index (χ1v) is 2.97. The van der Waals surface area contributed by atoms with Gasteiger partial charge in [-0.15, -0.1) is 23.2 Å². The Kier molecular flexibility index (Phi) is 1.17. The first-order chi connectivity index (χ1) is 3.54. The van der Waals surface area contributed by atoms with E-state index in [0.717, 1.165) is 0 Å². The molecule has 0 aromatic rings. The van der Waals surface area contributed by atoms with E-state index in [1.807, 2.05) is 0 Å². The van der Waals surface area contributed by atoms with Gasteiger partial charge < -0.3 is 5.73 Å². The Morgan fingerprint density at radius 3 is 2.12 bits per heavy atom. The van der Waals surface area contributed by atoms with Crippen molar-refractivity contribution >= 4 is 29.1 Å². The number of carbonyl (C=O) groups excluding carboxylic acids is 1. The van der Waals surface area contributed by atoms with Gasteiger partial charge in [0.25, 0.3) is 0 Å². The van der Waals surface area contributed by atoms with Gasteiger partial charge in [-0.25, -0.2) is 0 Å². The predicted molar refractivity (Wildman–Crippen MR) is 31.7 cm³/mol. The molecular formula is C4H5Cl2NO. The highest BCUT2D eigenvalue weighted by atomic mass is 35.5. The largest absolute Gasteiger partial charge is 0.369 e. The van der Waals surface area contributed by atoms with Crippen molar-refractivity contribution in [3.05, 3.63) is 0 Å². The number of nitrogens with two attached hydrogens (primary N) is 1. The number of rotatable bonds is 1. The maximum absolute atomic E-state index is 10.2. The van der Waals surface area contributed by atoms with Crippen LogP contribution in [0.3, 0.4) is 0 Å². The number of primary amides is 1. The fourth-order valence-electron chi connectivity index (χ4n) is 0.522. The van der Waals surface area contributed by atoms with Crippen molar-refractivity contribution in [1.82, 2.24) is 0 Å². The van der Waals surface area contributed by atoms with E-state index in [1.165, 1.54) is 0 Å². The van der Waals surface area contributed by atoms with Crippen LogP contribution in [0.2, 0.25) is 0 Å². The van der Waals surface area contributed by atoms with Gasteiger partial charge in [-0.3, -0.25) is 4.79 Å². The fraction of sp³-hybridized carbons (Fsp3) is 0.750. The Hall–Kier alpha value is 0.0500. The molecule has 2 N–H and O–H groups in total. The normalized spacial score (nSPS) is 32.0. The molecule has 1 atom stereocenters. The molecule has 0 saturated heterocycles. The lowest BCUT2D eigenvalue weighted by atomic mass is 10.4. The summed E-state index contributed by atoms with van der Waals surface area (Å²) in [5, 5.41) is 0. The maximum atomic E-state index is 10.2. The Labute approximate surface area is 56.9 Å². The number of halogens is 2. The van der Waals surface area contributed by atoms with Crippen LogP contribution >= 0.6 is 23.2 Å². The molecular weight excluding hydrogens is 149 g/mol. The van der Waals surface area contributed by atoms with Crippen molar-refractivity contribution in [2.24, 2.45) is 11.7 Å². The second-order valence-electron chi connectivity index (χ2n) is 1.92. The highest BCUT2D eigenvalue weighted by molar-refractivity contribution is 6.52. The summed E-state index contributed by atoms with van der Waals surface area (Å²) in [6.07, 6.45) is 0.505. The van der Waals surface area contributed by atoms with Crippen LogP contribution in [-0.2, 0) is 4.79 Å². The van der Waals surface area contributed by atoms with E-state index in [2.05, 4.69) is 0 Å². The molecule has 1 aliphatic carbocycles. The van der Waals surface area contributed by atoms with Crippen LogP contribution in [0.1, 0.15) is 6.42 Å². The van der Waals surface area contributed by atoms with Crippen LogP contribution in [0.25, 0.3) is 0 Å². The van der Waals surface area contributed by atoms with Gasteiger partial charge in [-0.05, 0) is 6.42 Å². The second-order valence-corrected chi connectivity index (χ2v) is 3.46. The van der Waals surface area contributed by atoms with Crippen molar-refractivity contribution in [1.29, 1.82) is 0 Å². The third-order valence-corrected chi connectivity index (χ3v) is 2.00. The lowest BCUT2D eigenvalue weighted by Crippen LogP contribution is -2.16. The van der Waals surface area contributed by atoms with E-state index < -0.39 is 10.2 Å². The Morgan fingerprint density at radius 1 is 1.75 bits per heavy atom. The summed E-state index contributed by atoms with van der Waals surface area (Å²) in [5.41, 5.74) is 4.87. The third kappa shape index (κ3) is 0.906. The number of amides is 1. The molecule has 1 rings (SSSR count). The van der Waals surface area contributed by atoms with Gasteiger partial charge in [0.05, 0.1) is 5.92 Å². The molecule has 1 aliphatic rings. The number of carbonyl (C=O) groups is 1. The smallest absolute Gasteiger partial charge is 0.223 e. The van der Waals surface area contributed by atoms with Gasteiger partial charge in [0, 0.05) is 0 Å². The predicted octanol–water partition coefficient (Wildman–Crippen LogP) is 0.665. The lowest BCUT2D eigenvalue weighted by Gasteiger charge is -1.90. The van der Waals surface area contributed by atoms with Crippen LogP contribution < -0.4 is 5.73 Å². The number of alkyl halides is 2. The highest BCUT2D eigenvalue weighted by Gasteiger charge is 2.55. The molecule has 0 unspecified atom stereocenters. The van der Waals surface area contributed by atoms with Crippen LogP contribution in [-0.4, -0.2) is 10.2 Å². The van der Waals surface area contributed by atoms with Gasteiger partial charge in [-0.1, -0.05) is 0 Å². The summed E-state index contributed by atoms with van der Waals surface area (Å²) in [5.74, 6) is -0.721. The molecule has 0 radical (unpaired) electrons. The SMILES string of the molecule is NC(=O)[C@H]1CC1(Cl)Cl. The molecule has 1 amide bonds. The Morgan fingerprint density at radius 2 is 2.12 bits per heavy atom. The summed E-state index contributed by atoms with van der Waals surface area (Å²) >= 11 is 10.9. The van der Waals surface area contributed by atoms with Gasteiger partial charge in [0.2, 0.25) is 5.91 Å². The first-order valence-electron chi connectivity index (χ1n) is 2.21. The molecule has 0 aromatic carbocycles. The van der Waals surface area contributed by atoms with Gasteiger partial charge in [0.1, 0.15) is 4.33 Å². The first kappa shape index (κ1) is 6.17. The van der Waals surface area contributed by atoms with Crippen LogP contribution in [0.5, 0.6) is 0 Å². The minimum atomic E-state index is -0.841. The summed E-state index contributed by atoms with van der Waals surface area (Å²) < 4.78 is -0.841. The van der Waals surface area contributed by atoms with E-state index in [4.69, 9.17) is 28.9 Å². The van der Waals surface area contributed by atoms with E-state index in [0.29, 0.717) is 6.42 Å². The summed E-state index contributed by atoms with van der Waals surface area (Å²) in [7, 11) is 0. The third-order valence-electron chi connectivity index (χ3n) is 1.17. The van der Waals surface area contributed by atoms with Crippen molar-refractivity contribution in [2.45, 2.75) is 10.8 Å². The average molecular weight is 154 g/mol. The molecule has 1 fully saturated rings. The topological polar surface area (TPSA) is 43.1 Å². The van der Waals surface area contributed by atoms with Gasteiger partial charge in [-0.2, -0.15) is 0 Å². The lowest BCUT2D eigenvalue weighted by molar-refractivity contribution is -0.119. The summed E-state index contributed by atoms with van der Waals surface area (Å²) in [4.78, 5) is 10.2. The average Bonchev–Trinajstić information content (AvgIpc) is 2.13. The molecule has 2 nitrogen and oxygen atoms in total. The zero-order valence-electron chi connectivity index (χ0n) is 4.03. The van der Waals surface area contributed by atoms with E-state index in [1.54, 1.807) is 0 Å². The van der Waals surface area contributed by atoms with E-state index >= 15 is 0 Å². The Bertz CT molecular complexity index is 134. The molecule has 0 spiro atoms. The Balaban J connectivity index is 2.48. The van der Waals surface area contributed by atoms with Crippen molar-refractivity contribution < 1.29 is 4.79 Å². The molecule has 1 saturated carbocycles. The van der Waals surface area contributed by atoms with Crippen molar-refractivity contribution in [2.75, 3.05) is 0 Å². The monoisotopic (exact) mass is 153 g/mol. The van der Waals surface area contributed by atoms with E-state index in [-0.39, 0.29) is 5.92 Å². The molecule has 46 valence electrons. The van der Waals surface area contributed by atoms with Gasteiger partial charge >= 0.3 is 0 Å². The fourth-order valence-corrected chi connectivity index (χ4v) is 1.05. The zero-order chi connectivity index (χ0) is 6.36. The van der Waals surface area contributed by atoms with E-state index in [9.17, 15) is 4.79 Å². The molecule has 0 aliphatic heterocycles. The zero-order valence-corrected chi connectivity index (χ0v) is 5.54. The molecule has 0 aromatic heterocycles. The minimum absolute atomic E-state index is 0.314. The van der Waals surface area contributed by atoms with Crippen LogP contribution in [0.4, 0.5) is 0 Å². The van der Waals surface area contributed by atoms with Crippen molar-refractivity contribution in [3.8, 4) is 0 Å². The second kappa shape index (κ2) is 1.52. The minimum Gasteiger partial charge on any atom is -0.369 e. The van der Waals surface area contributed by atoms with Crippen LogP contribution in [0, 0.1) is 5.92 Å². The van der Waals surface area contributed by atoms with Gasteiger partial charge in [0.15, 0.2) is 0 Å². The standard InChI is InChI=1S/C4H5Cl2NO/c5-4(6)1-2(4)3(7)8/h2H,1H2,(H2,7,8)/t2-/m1/s1.